The van der Waals surface area contributed by atoms with Crippen molar-refractivity contribution in [3.05, 3.63) is 93.1 Å². The van der Waals surface area contributed by atoms with E-state index in [4.69, 9.17) is 4.74 Å². The van der Waals surface area contributed by atoms with E-state index in [9.17, 15) is 9.59 Å². The number of carbonyl (C=O) groups is 2. The van der Waals surface area contributed by atoms with Crippen molar-refractivity contribution in [3.8, 4) is 5.75 Å². The van der Waals surface area contributed by atoms with Gasteiger partial charge in [0.25, 0.3) is 5.91 Å². The molecular weight excluding hydrogens is 493 g/mol. The molecule has 30 heavy (non-hydrogen) atoms. The molecule has 1 amide bonds. The quantitative estimate of drug-likeness (QED) is 0.162. The molecule has 3 aromatic carbocycles. The largest absolute Gasteiger partial charge is 0.423 e. The van der Waals surface area contributed by atoms with Crippen LogP contribution < -0.4 is 15.5 Å². The Morgan fingerprint density at radius 3 is 2.40 bits per heavy atom. The smallest absolute Gasteiger partial charge is 0.344 e. The average molecular weight is 513 g/mol. The molecule has 0 spiro atoms. The highest BCUT2D eigenvalue weighted by Crippen LogP contribution is 2.17. The van der Waals surface area contributed by atoms with Crippen molar-refractivity contribution in [1.29, 1.82) is 0 Å². The van der Waals surface area contributed by atoms with Crippen LogP contribution in [-0.4, -0.2) is 24.6 Å². The third kappa shape index (κ3) is 6.41. The molecule has 0 aromatic heterocycles. The molecule has 0 fully saturated rings. The fourth-order valence-electron chi connectivity index (χ4n) is 2.48. The maximum atomic E-state index is 12.2. The van der Waals surface area contributed by atoms with Crippen LogP contribution in [0.15, 0.2) is 77.9 Å². The molecule has 0 aliphatic rings. The summed E-state index contributed by atoms with van der Waals surface area (Å²) in [7, 11) is 0. The lowest BCUT2D eigenvalue weighted by Gasteiger charge is -2.06. The monoisotopic (exact) mass is 513 g/mol. The van der Waals surface area contributed by atoms with Crippen LogP contribution in [0.1, 0.15) is 21.5 Å². The number of nitrogens with one attached hydrogen (secondary N) is 2. The van der Waals surface area contributed by atoms with Crippen LogP contribution in [0.5, 0.6) is 5.75 Å². The van der Waals surface area contributed by atoms with Crippen molar-refractivity contribution in [2.45, 2.75) is 6.92 Å². The summed E-state index contributed by atoms with van der Waals surface area (Å²) in [6.07, 6.45) is 1.52. The lowest BCUT2D eigenvalue weighted by atomic mass is 10.2. The van der Waals surface area contributed by atoms with Crippen molar-refractivity contribution < 1.29 is 14.3 Å². The van der Waals surface area contributed by atoms with Crippen LogP contribution in [0.2, 0.25) is 0 Å². The molecule has 0 radical (unpaired) electrons. The third-order valence-corrected chi connectivity index (χ3v) is 5.03. The maximum absolute atomic E-state index is 12.2. The van der Waals surface area contributed by atoms with E-state index in [-0.39, 0.29) is 12.5 Å². The molecule has 0 saturated carbocycles. The van der Waals surface area contributed by atoms with Crippen LogP contribution in [-0.2, 0) is 4.79 Å². The van der Waals surface area contributed by atoms with E-state index in [0.29, 0.717) is 11.3 Å². The van der Waals surface area contributed by atoms with Crippen molar-refractivity contribution in [2.24, 2.45) is 5.10 Å². The third-order valence-electron chi connectivity index (χ3n) is 4.09. The predicted molar refractivity (Wildman–Crippen MR) is 126 cm³/mol. The molecule has 0 aliphatic carbocycles. The SMILES string of the molecule is Cc1ccc(NCC(=O)NN=Cc2ccc(OC(=O)c3ccccc3I)cc2)cc1. The zero-order valence-corrected chi connectivity index (χ0v) is 18.4. The van der Waals surface area contributed by atoms with Crippen LogP contribution in [0, 0.1) is 10.5 Å². The van der Waals surface area contributed by atoms with Gasteiger partial charge in [0.05, 0.1) is 18.3 Å². The first-order chi connectivity index (χ1) is 14.5. The summed E-state index contributed by atoms with van der Waals surface area (Å²) in [4.78, 5) is 24.1. The van der Waals surface area contributed by atoms with Gasteiger partial charge >= 0.3 is 5.97 Å². The Balaban J connectivity index is 1.47. The average Bonchev–Trinajstić information content (AvgIpc) is 2.75. The number of halogens is 1. The fraction of sp³-hybridized carbons (Fsp3) is 0.0870. The first-order valence-corrected chi connectivity index (χ1v) is 10.3. The first-order valence-electron chi connectivity index (χ1n) is 9.20. The minimum atomic E-state index is -0.408. The van der Waals surface area contributed by atoms with Crippen molar-refractivity contribution in [2.75, 3.05) is 11.9 Å². The number of carbonyl (C=O) groups excluding carboxylic acids is 2. The number of nitrogens with zero attached hydrogens (tertiary/aromatic N) is 1. The second-order valence-electron chi connectivity index (χ2n) is 6.45. The molecule has 0 saturated heterocycles. The molecule has 3 rings (SSSR count). The number of ether oxygens (including phenoxy) is 1. The van der Waals surface area contributed by atoms with E-state index in [2.05, 4.69) is 38.4 Å². The molecular formula is C23H20IN3O3. The summed E-state index contributed by atoms with van der Waals surface area (Å²) >= 11 is 2.10. The van der Waals surface area contributed by atoms with E-state index in [1.54, 1.807) is 36.4 Å². The van der Waals surface area contributed by atoms with Gasteiger partial charge in [-0.25, -0.2) is 10.2 Å². The minimum Gasteiger partial charge on any atom is -0.423 e. The Labute approximate surface area is 188 Å². The number of benzene rings is 3. The van der Waals surface area contributed by atoms with Crippen molar-refractivity contribution in [1.82, 2.24) is 5.43 Å². The maximum Gasteiger partial charge on any atom is 0.344 e. The van der Waals surface area contributed by atoms with E-state index in [0.717, 1.165) is 20.4 Å². The van der Waals surface area contributed by atoms with Crippen LogP contribution in [0.25, 0.3) is 0 Å². The molecule has 6 nitrogen and oxygen atoms in total. The van der Waals surface area contributed by atoms with Crippen molar-refractivity contribution >= 4 is 46.4 Å². The van der Waals surface area contributed by atoms with Gasteiger partial charge in [0.15, 0.2) is 0 Å². The van der Waals surface area contributed by atoms with Gasteiger partial charge in [-0.15, -0.1) is 0 Å². The number of hydrogen-bond donors (Lipinski definition) is 2. The summed E-state index contributed by atoms with van der Waals surface area (Å²) in [6.45, 7) is 2.12. The van der Waals surface area contributed by atoms with Crippen LogP contribution in [0.4, 0.5) is 5.69 Å². The number of hydrogen-bond acceptors (Lipinski definition) is 5. The van der Waals surface area contributed by atoms with Gasteiger partial charge in [0.2, 0.25) is 0 Å². The van der Waals surface area contributed by atoms with Crippen LogP contribution in [0.3, 0.4) is 0 Å². The predicted octanol–water partition coefficient (Wildman–Crippen LogP) is 4.38. The highest BCUT2D eigenvalue weighted by Gasteiger charge is 2.11. The van der Waals surface area contributed by atoms with Gasteiger partial charge in [0.1, 0.15) is 5.75 Å². The number of hydrazone groups is 1. The van der Waals surface area contributed by atoms with E-state index in [1.807, 2.05) is 43.3 Å². The Morgan fingerprint density at radius 1 is 1.00 bits per heavy atom. The molecule has 0 heterocycles. The Hall–Kier alpha value is -3.20. The summed E-state index contributed by atoms with van der Waals surface area (Å²) in [6, 6.07) is 21.9. The van der Waals surface area contributed by atoms with Gasteiger partial charge in [0, 0.05) is 9.26 Å². The normalized spacial score (nSPS) is 10.6. The zero-order chi connectivity index (χ0) is 21.3. The number of amides is 1. The summed E-state index contributed by atoms with van der Waals surface area (Å²) in [5, 5.41) is 6.97. The van der Waals surface area contributed by atoms with E-state index < -0.39 is 5.97 Å². The number of anilines is 1. The van der Waals surface area contributed by atoms with Gasteiger partial charge in [-0.05, 0) is 83.6 Å². The van der Waals surface area contributed by atoms with Gasteiger partial charge in [-0.2, -0.15) is 5.10 Å². The number of esters is 1. The van der Waals surface area contributed by atoms with E-state index >= 15 is 0 Å². The highest BCUT2D eigenvalue weighted by atomic mass is 127. The molecule has 3 aromatic rings. The second-order valence-corrected chi connectivity index (χ2v) is 7.61. The Kier molecular flexibility index (Phi) is 7.56. The molecule has 7 heteroatoms. The zero-order valence-electron chi connectivity index (χ0n) is 16.3. The summed E-state index contributed by atoms with van der Waals surface area (Å²) in [5.41, 5.74) is 5.78. The molecule has 152 valence electrons. The Morgan fingerprint density at radius 2 is 1.70 bits per heavy atom. The Bertz CT molecular complexity index is 1050. The van der Waals surface area contributed by atoms with Gasteiger partial charge in [-0.3, -0.25) is 4.79 Å². The molecule has 2 N–H and O–H groups in total. The number of rotatable bonds is 7. The molecule has 0 unspecified atom stereocenters. The lowest BCUT2D eigenvalue weighted by molar-refractivity contribution is -0.119. The van der Waals surface area contributed by atoms with Crippen LogP contribution >= 0.6 is 22.6 Å². The number of aryl methyl sites for hydroxylation is 1. The minimum absolute atomic E-state index is 0.119. The first kappa shape index (κ1) is 21.5. The molecule has 0 atom stereocenters. The van der Waals surface area contributed by atoms with Gasteiger partial charge < -0.3 is 10.1 Å². The topological polar surface area (TPSA) is 79.8 Å². The second kappa shape index (κ2) is 10.5. The van der Waals surface area contributed by atoms with Gasteiger partial charge in [-0.1, -0.05) is 29.8 Å². The molecule has 0 bridgehead atoms. The fourth-order valence-corrected chi connectivity index (χ4v) is 3.09. The standard InChI is InChI=1S/C23H20IN3O3/c1-16-6-10-18(11-7-16)25-15-22(28)27-26-14-17-8-12-19(13-9-17)30-23(29)20-4-2-3-5-21(20)24/h2-14,25H,15H2,1H3,(H,27,28). The lowest BCUT2D eigenvalue weighted by Crippen LogP contribution is -2.25. The van der Waals surface area contributed by atoms with E-state index in [1.165, 1.54) is 6.21 Å². The summed E-state index contributed by atoms with van der Waals surface area (Å²) < 4.78 is 6.22. The molecule has 0 aliphatic heterocycles. The van der Waals surface area contributed by atoms with Crippen molar-refractivity contribution in [3.63, 3.8) is 0 Å². The summed E-state index contributed by atoms with van der Waals surface area (Å²) in [5.74, 6) is -0.229. The highest BCUT2D eigenvalue weighted by molar-refractivity contribution is 14.1.